The molecular weight excluding hydrogens is 412 g/mol. The van der Waals surface area contributed by atoms with Crippen LogP contribution in [-0.4, -0.2) is 24.5 Å². The number of amides is 1. The highest BCUT2D eigenvalue weighted by atomic mass is 16.6. The van der Waals surface area contributed by atoms with Gasteiger partial charge in [-0.15, -0.1) is 0 Å². The maximum atomic E-state index is 12.8. The monoisotopic (exact) mass is 436 g/mol. The molecule has 3 aromatic rings. The van der Waals surface area contributed by atoms with Gasteiger partial charge in [0.25, 0.3) is 11.6 Å². The van der Waals surface area contributed by atoms with Crippen LogP contribution in [0.15, 0.2) is 60.7 Å². The first kappa shape index (κ1) is 22.6. The summed E-state index contributed by atoms with van der Waals surface area (Å²) in [5.41, 5.74) is 2.08. The van der Waals surface area contributed by atoms with Gasteiger partial charge in [0.05, 0.1) is 24.3 Å². The minimum absolute atomic E-state index is 0.0926. The van der Waals surface area contributed by atoms with E-state index in [0.717, 1.165) is 5.56 Å². The van der Waals surface area contributed by atoms with Crippen LogP contribution in [0.1, 0.15) is 28.4 Å². The molecule has 0 aromatic heterocycles. The first-order chi connectivity index (χ1) is 15.4. The summed E-state index contributed by atoms with van der Waals surface area (Å²) >= 11 is 0. The molecule has 0 spiro atoms. The number of non-ortho nitro benzene ring substituents is 1. The van der Waals surface area contributed by atoms with Gasteiger partial charge < -0.3 is 19.5 Å². The van der Waals surface area contributed by atoms with Gasteiger partial charge in [-0.25, -0.2) is 0 Å². The van der Waals surface area contributed by atoms with Crippen molar-refractivity contribution in [2.75, 3.05) is 19.0 Å². The molecule has 0 unspecified atom stereocenters. The van der Waals surface area contributed by atoms with Gasteiger partial charge in [0.1, 0.15) is 23.9 Å². The third kappa shape index (κ3) is 5.54. The molecule has 3 aromatic carbocycles. The molecular formula is C24H24N2O6. The van der Waals surface area contributed by atoms with Crippen molar-refractivity contribution in [2.45, 2.75) is 20.5 Å². The summed E-state index contributed by atoms with van der Waals surface area (Å²) in [7, 11) is 1.58. The molecule has 0 aliphatic rings. The Morgan fingerprint density at radius 3 is 2.53 bits per heavy atom. The van der Waals surface area contributed by atoms with E-state index in [-0.39, 0.29) is 18.2 Å². The SMILES string of the molecule is CCOc1ccc(C(=O)Nc2cc([N+](=O)[O-])ccc2C)cc1COc1cccc(OC)c1. The number of anilines is 1. The van der Waals surface area contributed by atoms with Gasteiger partial charge in [0.15, 0.2) is 0 Å². The zero-order chi connectivity index (χ0) is 23.1. The Labute approximate surface area is 185 Å². The van der Waals surface area contributed by atoms with E-state index in [1.807, 2.05) is 25.1 Å². The second kappa shape index (κ2) is 10.3. The maximum Gasteiger partial charge on any atom is 0.271 e. The van der Waals surface area contributed by atoms with E-state index in [9.17, 15) is 14.9 Å². The number of hydrogen-bond donors (Lipinski definition) is 1. The summed E-state index contributed by atoms with van der Waals surface area (Å²) in [6, 6.07) is 16.6. The summed E-state index contributed by atoms with van der Waals surface area (Å²) in [5, 5.41) is 13.8. The van der Waals surface area contributed by atoms with Crippen LogP contribution in [-0.2, 0) is 6.61 Å². The minimum atomic E-state index is -0.500. The maximum absolute atomic E-state index is 12.8. The first-order valence-corrected chi connectivity index (χ1v) is 10.00. The highest BCUT2D eigenvalue weighted by Crippen LogP contribution is 2.26. The van der Waals surface area contributed by atoms with Crippen molar-refractivity contribution in [1.82, 2.24) is 0 Å². The van der Waals surface area contributed by atoms with Crippen LogP contribution >= 0.6 is 0 Å². The summed E-state index contributed by atoms with van der Waals surface area (Å²) in [5.74, 6) is 1.51. The van der Waals surface area contributed by atoms with E-state index in [0.29, 0.717) is 40.7 Å². The van der Waals surface area contributed by atoms with Crippen molar-refractivity contribution < 1.29 is 23.9 Å². The van der Waals surface area contributed by atoms with E-state index < -0.39 is 4.92 Å². The smallest absolute Gasteiger partial charge is 0.271 e. The summed E-state index contributed by atoms with van der Waals surface area (Å²) in [4.78, 5) is 23.4. The third-order valence-electron chi connectivity index (χ3n) is 4.74. The van der Waals surface area contributed by atoms with E-state index in [2.05, 4.69) is 5.32 Å². The first-order valence-electron chi connectivity index (χ1n) is 10.00. The fourth-order valence-corrected chi connectivity index (χ4v) is 3.03. The molecule has 1 N–H and O–H groups in total. The number of carbonyl (C=O) groups is 1. The molecule has 8 heteroatoms. The summed E-state index contributed by atoms with van der Waals surface area (Å²) < 4.78 is 16.8. The fourth-order valence-electron chi connectivity index (χ4n) is 3.03. The molecule has 0 heterocycles. The Morgan fingerprint density at radius 2 is 1.81 bits per heavy atom. The molecule has 0 saturated heterocycles. The van der Waals surface area contributed by atoms with Crippen molar-refractivity contribution in [2.24, 2.45) is 0 Å². The number of nitro benzene ring substituents is 1. The van der Waals surface area contributed by atoms with Crippen molar-refractivity contribution in [3.05, 3.63) is 87.5 Å². The Bertz CT molecular complexity index is 1130. The van der Waals surface area contributed by atoms with Crippen LogP contribution in [0.4, 0.5) is 11.4 Å². The lowest BCUT2D eigenvalue weighted by Gasteiger charge is -2.14. The number of aryl methyl sites for hydroxylation is 1. The van der Waals surface area contributed by atoms with Gasteiger partial charge in [0.2, 0.25) is 0 Å². The number of hydrogen-bond acceptors (Lipinski definition) is 6. The van der Waals surface area contributed by atoms with Crippen LogP contribution in [0.5, 0.6) is 17.2 Å². The molecule has 0 radical (unpaired) electrons. The Balaban J connectivity index is 1.82. The van der Waals surface area contributed by atoms with Crippen molar-refractivity contribution in [3.63, 3.8) is 0 Å². The second-order valence-electron chi connectivity index (χ2n) is 6.93. The van der Waals surface area contributed by atoms with Crippen molar-refractivity contribution in [1.29, 1.82) is 0 Å². The lowest BCUT2D eigenvalue weighted by Crippen LogP contribution is -2.14. The van der Waals surface area contributed by atoms with E-state index in [1.165, 1.54) is 12.1 Å². The third-order valence-corrected chi connectivity index (χ3v) is 4.74. The van der Waals surface area contributed by atoms with E-state index in [4.69, 9.17) is 14.2 Å². The zero-order valence-electron chi connectivity index (χ0n) is 18.1. The van der Waals surface area contributed by atoms with Crippen LogP contribution in [0, 0.1) is 17.0 Å². The number of carbonyl (C=O) groups excluding carboxylic acids is 1. The van der Waals surface area contributed by atoms with E-state index in [1.54, 1.807) is 44.4 Å². The zero-order valence-corrected chi connectivity index (χ0v) is 18.1. The van der Waals surface area contributed by atoms with Crippen LogP contribution < -0.4 is 19.5 Å². The average Bonchev–Trinajstić information content (AvgIpc) is 2.79. The highest BCUT2D eigenvalue weighted by molar-refractivity contribution is 6.05. The number of nitrogens with zero attached hydrogens (tertiary/aromatic N) is 1. The largest absolute Gasteiger partial charge is 0.497 e. The molecule has 0 aliphatic heterocycles. The molecule has 0 aliphatic carbocycles. The van der Waals surface area contributed by atoms with Gasteiger partial charge in [-0.05, 0) is 49.7 Å². The van der Waals surface area contributed by atoms with Gasteiger partial charge >= 0.3 is 0 Å². The molecule has 0 bridgehead atoms. The molecule has 3 rings (SSSR count). The van der Waals surface area contributed by atoms with Gasteiger partial charge in [-0.1, -0.05) is 12.1 Å². The number of methoxy groups -OCH3 is 1. The fraction of sp³-hybridized carbons (Fsp3) is 0.208. The molecule has 166 valence electrons. The quantitative estimate of drug-likeness (QED) is 0.368. The van der Waals surface area contributed by atoms with Crippen molar-refractivity contribution in [3.8, 4) is 17.2 Å². The average molecular weight is 436 g/mol. The molecule has 1 amide bonds. The molecule has 0 atom stereocenters. The Morgan fingerprint density at radius 1 is 1.03 bits per heavy atom. The van der Waals surface area contributed by atoms with Gasteiger partial charge in [-0.3, -0.25) is 14.9 Å². The lowest BCUT2D eigenvalue weighted by molar-refractivity contribution is -0.384. The van der Waals surface area contributed by atoms with Crippen LogP contribution in [0.25, 0.3) is 0 Å². The summed E-state index contributed by atoms with van der Waals surface area (Å²) in [6.07, 6.45) is 0. The number of nitro groups is 1. The van der Waals surface area contributed by atoms with Crippen LogP contribution in [0.2, 0.25) is 0 Å². The highest BCUT2D eigenvalue weighted by Gasteiger charge is 2.15. The molecule has 0 fully saturated rings. The summed E-state index contributed by atoms with van der Waals surface area (Å²) in [6.45, 7) is 4.29. The number of rotatable bonds is 9. The predicted molar refractivity (Wildman–Crippen MR) is 121 cm³/mol. The van der Waals surface area contributed by atoms with Gasteiger partial charge in [-0.2, -0.15) is 0 Å². The predicted octanol–water partition coefficient (Wildman–Crippen LogP) is 5.14. The van der Waals surface area contributed by atoms with Crippen LogP contribution in [0.3, 0.4) is 0 Å². The molecule has 8 nitrogen and oxygen atoms in total. The number of ether oxygens (including phenoxy) is 3. The molecule has 32 heavy (non-hydrogen) atoms. The standard InChI is InChI=1S/C24H24N2O6/c1-4-31-23-11-9-17(12-18(23)15-32-21-7-5-6-20(14-21)30-3)24(27)25-22-13-19(26(28)29)10-8-16(22)2/h5-14H,4,15H2,1-3H3,(H,25,27). The Kier molecular flexibility index (Phi) is 7.28. The number of nitrogens with one attached hydrogen (secondary N) is 1. The molecule has 0 saturated carbocycles. The normalized spacial score (nSPS) is 10.3. The van der Waals surface area contributed by atoms with E-state index >= 15 is 0 Å². The van der Waals surface area contributed by atoms with Gasteiger partial charge in [0, 0.05) is 29.3 Å². The second-order valence-corrected chi connectivity index (χ2v) is 6.93. The topological polar surface area (TPSA) is 99.9 Å². The minimum Gasteiger partial charge on any atom is -0.497 e. The number of benzene rings is 3. The van der Waals surface area contributed by atoms with Crippen molar-refractivity contribution >= 4 is 17.3 Å². The Hall–Kier alpha value is -4.07. The lowest BCUT2D eigenvalue weighted by atomic mass is 10.1.